The summed E-state index contributed by atoms with van der Waals surface area (Å²) in [4.78, 5) is 17.9. The third kappa shape index (κ3) is 3.47. The third-order valence-corrected chi connectivity index (χ3v) is 6.36. The lowest BCUT2D eigenvalue weighted by Gasteiger charge is -2.42. The number of pyridine rings is 1. The molecule has 0 atom stereocenters. The Bertz CT molecular complexity index is 901. The number of hydrogen-bond acceptors (Lipinski definition) is 3. The zero-order valence-corrected chi connectivity index (χ0v) is 15.5. The summed E-state index contributed by atoms with van der Waals surface area (Å²) in [5.41, 5.74) is 2.44. The van der Waals surface area contributed by atoms with E-state index in [1.807, 2.05) is 30.3 Å². The molecule has 1 amide bonds. The predicted octanol–water partition coefficient (Wildman–Crippen LogP) is 4.57. The van der Waals surface area contributed by atoms with E-state index in [4.69, 9.17) is 0 Å². The molecule has 3 aromatic rings. The number of carbonyl (C=O) groups is 1. The van der Waals surface area contributed by atoms with Gasteiger partial charge in [0.15, 0.2) is 0 Å². The van der Waals surface area contributed by atoms with Crippen LogP contribution in [0.3, 0.4) is 0 Å². The highest BCUT2D eigenvalue weighted by molar-refractivity contribution is 8.00. The van der Waals surface area contributed by atoms with Crippen LogP contribution in [0.1, 0.15) is 24.8 Å². The number of aromatic nitrogens is 1. The van der Waals surface area contributed by atoms with Gasteiger partial charge in [-0.05, 0) is 30.5 Å². The SMILES string of the molecule is O=C(CSc1ccnc2ccccc12)NCC1(c2ccccc2)CCC1. The number of amides is 1. The first-order chi connectivity index (χ1) is 12.8. The number of nitrogens with zero attached hydrogens (tertiary/aromatic N) is 1. The van der Waals surface area contributed by atoms with Crippen molar-refractivity contribution in [2.45, 2.75) is 29.6 Å². The van der Waals surface area contributed by atoms with Gasteiger partial charge in [0.05, 0.1) is 11.3 Å². The topological polar surface area (TPSA) is 42.0 Å². The summed E-state index contributed by atoms with van der Waals surface area (Å²) in [7, 11) is 0. The van der Waals surface area contributed by atoms with Gasteiger partial charge in [0, 0.05) is 28.4 Å². The summed E-state index contributed by atoms with van der Waals surface area (Å²) in [5.74, 6) is 0.525. The second kappa shape index (κ2) is 7.50. The fraction of sp³-hybridized carbons (Fsp3) is 0.273. The minimum absolute atomic E-state index is 0.0955. The summed E-state index contributed by atoms with van der Waals surface area (Å²) in [5, 5.41) is 4.27. The average molecular weight is 362 g/mol. The standard InChI is InChI=1S/C22H22N2OS/c25-21(15-26-20-11-14-23-19-10-5-4-9-18(19)20)24-16-22(12-6-13-22)17-7-2-1-3-8-17/h1-5,7-11,14H,6,12-13,15-16H2,(H,24,25). The van der Waals surface area contributed by atoms with E-state index in [0.717, 1.165) is 35.2 Å². The quantitative estimate of drug-likeness (QED) is 0.653. The number of fused-ring (bicyclic) bond motifs is 1. The first-order valence-electron chi connectivity index (χ1n) is 9.06. The maximum atomic E-state index is 12.4. The first kappa shape index (κ1) is 17.1. The van der Waals surface area contributed by atoms with E-state index in [-0.39, 0.29) is 11.3 Å². The van der Waals surface area contributed by atoms with Crippen LogP contribution < -0.4 is 5.32 Å². The van der Waals surface area contributed by atoms with Gasteiger partial charge in [-0.25, -0.2) is 0 Å². The first-order valence-corrected chi connectivity index (χ1v) is 10.0. The van der Waals surface area contributed by atoms with Gasteiger partial charge in [-0.15, -0.1) is 11.8 Å². The Morgan fingerprint density at radius 3 is 2.58 bits per heavy atom. The van der Waals surface area contributed by atoms with E-state index in [2.05, 4.69) is 40.6 Å². The number of thioether (sulfide) groups is 1. The fourth-order valence-corrected chi connectivity index (χ4v) is 4.49. The van der Waals surface area contributed by atoms with E-state index < -0.39 is 0 Å². The van der Waals surface area contributed by atoms with Crippen molar-refractivity contribution in [3.8, 4) is 0 Å². The van der Waals surface area contributed by atoms with E-state index in [1.54, 1.807) is 18.0 Å². The number of benzene rings is 2. The average Bonchev–Trinajstić information content (AvgIpc) is 2.66. The van der Waals surface area contributed by atoms with Gasteiger partial charge in [-0.1, -0.05) is 55.0 Å². The molecule has 1 aliphatic rings. The van der Waals surface area contributed by atoms with Crippen molar-refractivity contribution < 1.29 is 4.79 Å². The Kier molecular flexibility index (Phi) is 4.93. The monoisotopic (exact) mass is 362 g/mol. The Morgan fingerprint density at radius 2 is 1.81 bits per heavy atom. The normalized spacial score (nSPS) is 15.4. The fourth-order valence-electron chi connectivity index (χ4n) is 3.62. The third-order valence-electron chi connectivity index (χ3n) is 5.29. The molecule has 1 fully saturated rings. The van der Waals surface area contributed by atoms with Gasteiger partial charge >= 0.3 is 0 Å². The van der Waals surface area contributed by atoms with Crippen LogP contribution in [0.25, 0.3) is 10.9 Å². The number of nitrogens with one attached hydrogen (secondary N) is 1. The smallest absolute Gasteiger partial charge is 0.230 e. The van der Waals surface area contributed by atoms with Gasteiger partial charge in [0.25, 0.3) is 0 Å². The number of rotatable bonds is 6. The van der Waals surface area contributed by atoms with Crippen molar-refractivity contribution in [3.05, 3.63) is 72.4 Å². The maximum Gasteiger partial charge on any atom is 0.230 e. The molecular weight excluding hydrogens is 340 g/mol. The summed E-state index contributed by atoms with van der Waals surface area (Å²) in [6.07, 6.45) is 5.35. The summed E-state index contributed by atoms with van der Waals surface area (Å²) < 4.78 is 0. The van der Waals surface area contributed by atoms with Crippen molar-refractivity contribution in [3.63, 3.8) is 0 Å². The zero-order chi connectivity index (χ0) is 17.8. The molecule has 0 bridgehead atoms. The molecule has 4 rings (SSSR count). The molecule has 1 N–H and O–H groups in total. The van der Waals surface area contributed by atoms with Crippen LogP contribution in [-0.4, -0.2) is 23.2 Å². The molecule has 0 unspecified atom stereocenters. The van der Waals surface area contributed by atoms with Crippen molar-refractivity contribution >= 4 is 28.6 Å². The van der Waals surface area contributed by atoms with Crippen molar-refractivity contribution in [2.75, 3.05) is 12.3 Å². The lowest BCUT2D eigenvalue weighted by Crippen LogP contribution is -2.46. The van der Waals surface area contributed by atoms with E-state index >= 15 is 0 Å². The van der Waals surface area contributed by atoms with Crippen LogP contribution in [0.4, 0.5) is 0 Å². The van der Waals surface area contributed by atoms with Crippen molar-refractivity contribution in [2.24, 2.45) is 0 Å². The van der Waals surface area contributed by atoms with Crippen LogP contribution >= 0.6 is 11.8 Å². The Labute approximate surface area is 158 Å². The minimum Gasteiger partial charge on any atom is -0.354 e. The van der Waals surface area contributed by atoms with Gasteiger partial charge in [0.1, 0.15) is 0 Å². The van der Waals surface area contributed by atoms with Crippen LogP contribution in [0, 0.1) is 0 Å². The van der Waals surface area contributed by atoms with Crippen LogP contribution in [0.5, 0.6) is 0 Å². The molecule has 1 saturated carbocycles. The minimum atomic E-state index is 0.0955. The van der Waals surface area contributed by atoms with E-state index in [0.29, 0.717) is 5.75 Å². The van der Waals surface area contributed by atoms with Crippen molar-refractivity contribution in [1.29, 1.82) is 0 Å². The molecule has 0 saturated heterocycles. The molecule has 0 spiro atoms. The molecule has 4 heteroatoms. The molecule has 1 aromatic heterocycles. The predicted molar refractivity (Wildman–Crippen MR) is 107 cm³/mol. The number of carbonyl (C=O) groups excluding carboxylic acids is 1. The van der Waals surface area contributed by atoms with Gasteiger partial charge < -0.3 is 5.32 Å². The van der Waals surface area contributed by atoms with Gasteiger partial charge in [-0.2, -0.15) is 0 Å². The Morgan fingerprint density at radius 1 is 1.04 bits per heavy atom. The number of para-hydroxylation sites is 1. The maximum absolute atomic E-state index is 12.4. The largest absolute Gasteiger partial charge is 0.354 e. The molecule has 2 aromatic carbocycles. The summed E-state index contributed by atoms with van der Waals surface area (Å²) in [6.45, 7) is 0.730. The summed E-state index contributed by atoms with van der Waals surface area (Å²) in [6, 6.07) is 20.6. The zero-order valence-electron chi connectivity index (χ0n) is 14.7. The molecule has 0 radical (unpaired) electrons. The second-order valence-electron chi connectivity index (χ2n) is 6.89. The molecule has 1 aliphatic carbocycles. The summed E-state index contributed by atoms with van der Waals surface area (Å²) >= 11 is 1.58. The molecule has 1 heterocycles. The Hall–Kier alpha value is -2.33. The molecule has 0 aliphatic heterocycles. The molecule has 3 nitrogen and oxygen atoms in total. The van der Waals surface area contributed by atoms with Gasteiger partial charge in [-0.3, -0.25) is 9.78 Å². The highest BCUT2D eigenvalue weighted by Crippen LogP contribution is 2.43. The van der Waals surface area contributed by atoms with Crippen LogP contribution in [0.2, 0.25) is 0 Å². The van der Waals surface area contributed by atoms with E-state index in [9.17, 15) is 4.79 Å². The van der Waals surface area contributed by atoms with Gasteiger partial charge in [0.2, 0.25) is 5.91 Å². The van der Waals surface area contributed by atoms with Crippen LogP contribution in [-0.2, 0) is 10.2 Å². The second-order valence-corrected chi connectivity index (χ2v) is 7.91. The lowest BCUT2D eigenvalue weighted by molar-refractivity contribution is -0.119. The molecule has 132 valence electrons. The Balaban J connectivity index is 1.37. The molecule has 26 heavy (non-hydrogen) atoms. The lowest BCUT2D eigenvalue weighted by atomic mass is 9.64. The molecular formula is C22H22N2OS. The van der Waals surface area contributed by atoms with Crippen molar-refractivity contribution in [1.82, 2.24) is 10.3 Å². The number of hydrogen-bond donors (Lipinski definition) is 1. The highest BCUT2D eigenvalue weighted by atomic mass is 32.2. The van der Waals surface area contributed by atoms with E-state index in [1.165, 1.54) is 12.0 Å². The van der Waals surface area contributed by atoms with Crippen LogP contribution in [0.15, 0.2) is 71.8 Å². The highest BCUT2D eigenvalue weighted by Gasteiger charge is 2.38.